The van der Waals surface area contributed by atoms with Gasteiger partial charge in [0.1, 0.15) is 0 Å². The summed E-state index contributed by atoms with van der Waals surface area (Å²) in [6.07, 6.45) is 1.13. The van der Waals surface area contributed by atoms with Gasteiger partial charge in [-0.2, -0.15) is 0 Å². The van der Waals surface area contributed by atoms with Crippen molar-refractivity contribution in [2.24, 2.45) is 0 Å². The minimum Gasteiger partial charge on any atom is -0.379 e. The second-order valence-corrected chi connectivity index (χ2v) is 5.50. The third kappa shape index (κ3) is 4.93. The predicted molar refractivity (Wildman–Crippen MR) is 80.0 cm³/mol. The molecule has 0 amide bonds. The molecule has 2 rings (SSSR count). The van der Waals surface area contributed by atoms with E-state index in [9.17, 15) is 0 Å². The summed E-state index contributed by atoms with van der Waals surface area (Å²) in [5.41, 5.74) is 0.984. The standard InChI is InChI=1S/C14H20Cl2N2O/c15-13-3-1-4-14(16)12(13)11-17-5-2-6-18-7-9-19-10-8-18/h1,3-4,17H,2,5-11H2. The van der Waals surface area contributed by atoms with Crippen LogP contribution in [0.5, 0.6) is 0 Å². The number of halogens is 2. The Kier molecular flexibility index (Phi) is 6.41. The summed E-state index contributed by atoms with van der Waals surface area (Å²) in [4.78, 5) is 2.44. The van der Waals surface area contributed by atoms with Crippen LogP contribution in [0.2, 0.25) is 10.0 Å². The van der Waals surface area contributed by atoms with Gasteiger partial charge in [0.2, 0.25) is 0 Å². The first-order chi connectivity index (χ1) is 9.27. The highest BCUT2D eigenvalue weighted by molar-refractivity contribution is 6.35. The molecule has 0 bridgehead atoms. The van der Waals surface area contributed by atoms with Crippen LogP contribution in [0.25, 0.3) is 0 Å². The van der Waals surface area contributed by atoms with Crippen molar-refractivity contribution >= 4 is 23.2 Å². The van der Waals surface area contributed by atoms with E-state index in [0.29, 0.717) is 0 Å². The Morgan fingerprint density at radius 3 is 2.53 bits per heavy atom. The van der Waals surface area contributed by atoms with Crippen LogP contribution in [-0.2, 0) is 11.3 Å². The predicted octanol–water partition coefficient (Wildman–Crippen LogP) is 2.81. The van der Waals surface area contributed by atoms with Gasteiger partial charge in [0.15, 0.2) is 0 Å². The molecule has 1 fully saturated rings. The van der Waals surface area contributed by atoms with Gasteiger partial charge < -0.3 is 10.1 Å². The molecule has 1 N–H and O–H groups in total. The molecule has 1 aromatic rings. The molecule has 0 saturated carbocycles. The molecule has 0 aliphatic carbocycles. The van der Waals surface area contributed by atoms with E-state index in [4.69, 9.17) is 27.9 Å². The number of nitrogens with one attached hydrogen (secondary N) is 1. The monoisotopic (exact) mass is 302 g/mol. The molecule has 3 nitrogen and oxygen atoms in total. The maximum Gasteiger partial charge on any atom is 0.0594 e. The van der Waals surface area contributed by atoms with Crippen LogP contribution in [0.3, 0.4) is 0 Å². The van der Waals surface area contributed by atoms with Crippen molar-refractivity contribution < 1.29 is 4.74 Å². The number of rotatable bonds is 6. The number of hydrogen-bond acceptors (Lipinski definition) is 3. The Labute approximate surface area is 124 Å². The molecule has 19 heavy (non-hydrogen) atoms. The molecule has 106 valence electrons. The summed E-state index contributed by atoms with van der Waals surface area (Å²) < 4.78 is 5.32. The van der Waals surface area contributed by atoms with Crippen molar-refractivity contribution in [1.29, 1.82) is 0 Å². The lowest BCUT2D eigenvalue weighted by molar-refractivity contribution is 0.0374. The van der Waals surface area contributed by atoms with E-state index < -0.39 is 0 Å². The number of hydrogen-bond donors (Lipinski definition) is 1. The SMILES string of the molecule is Clc1cccc(Cl)c1CNCCCN1CCOCC1. The summed E-state index contributed by atoms with van der Waals surface area (Å²) in [5, 5.41) is 4.86. The molecule has 5 heteroatoms. The topological polar surface area (TPSA) is 24.5 Å². The van der Waals surface area contributed by atoms with Gasteiger partial charge in [-0.3, -0.25) is 4.90 Å². The van der Waals surface area contributed by atoms with E-state index >= 15 is 0 Å². The first-order valence-corrected chi connectivity index (χ1v) is 7.46. The first kappa shape index (κ1) is 15.1. The smallest absolute Gasteiger partial charge is 0.0594 e. The Hall–Kier alpha value is -0.320. The molecule has 0 unspecified atom stereocenters. The van der Waals surface area contributed by atoms with E-state index in [2.05, 4.69) is 10.2 Å². The van der Waals surface area contributed by atoms with Crippen molar-refractivity contribution in [3.63, 3.8) is 0 Å². The third-order valence-corrected chi connectivity index (χ3v) is 4.00. The second kappa shape index (κ2) is 8.08. The third-order valence-electron chi connectivity index (χ3n) is 3.30. The van der Waals surface area contributed by atoms with Gasteiger partial charge in [-0.05, 0) is 31.6 Å². The van der Waals surface area contributed by atoms with Crippen LogP contribution in [-0.4, -0.2) is 44.3 Å². The van der Waals surface area contributed by atoms with Crippen molar-refractivity contribution in [2.45, 2.75) is 13.0 Å². The Balaban J connectivity index is 1.63. The lowest BCUT2D eigenvalue weighted by Gasteiger charge is -2.26. The largest absolute Gasteiger partial charge is 0.379 e. The van der Waals surface area contributed by atoms with Crippen molar-refractivity contribution in [3.8, 4) is 0 Å². The van der Waals surface area contributed by atoms with Crippen LogP contribution in [0.15, 0.2) is 18.2 Å². The highest BCUT2D eigenvalue weighted by Crippen LogP contribution is 2.23. The van der Waals surface area contributed by atoms with E-state index in [1.54, 1.807) is 0 Å². The van der Waals surface area contributed by atoms with Crippen LogP contribution < -0.4 is 5.32 Å². The van der Waals surface area contributed by atoms with Crippen LogP contribution in [0.4, 0.5) is 0 Å². The molecule has 1 saturated heterocycles. The van der Waals surface area contributed by atoms with Crippen molar-refractivity contribution in [2.75, 3.05) is 39.4 Å². The molecule has 0 atom stereocenters. The lowest BCUT2D eigenvalue weighted by atomic mass is 10.2. The minimum absolute atomic E-state index is 0.724. The number of benzene rings is 1. The summed E-state index contributed by atoms with van der Waals surface area (Å²) in [6, 6.07) is 5.61. The fourth-order valence-corrected chi connectivity index (χ4v) is 2.70. The fourth-order valence-electron chi connectivity index (χ4n) is 2.17. The molecule has 1 aliphatic heterocycles. The molecule has 0 spiro atoms. The average Bonchev–Trinajstić information content (AvgIpc) is 2.42. The van der Waals surface area contributed by atoms with Gasteiger partial charge >= 0.3 is 0 Å². The quantitative estimate of drug-likeness (QED) is 0.818. The minimum atomic E-state index is 0.724. The normalized spacial score (nSPS) is 16.7. The summed E-state index contributed by atoms with van der Waals surface area (Å²) in [5.74, 6) is 0. The summed E-state index contributed by atoms with van der Waals surface area (Å²) >= 11 is 12.2. The molecule has 0 radical (unpaired) electrons. The highest BCUT2D eigenvalue weighted by atomic mass is 35.5. The molecular formula is C14H20Cl2N2O. The summed E-state index contributed by atoms with van der Waals surface area (Å²) in [7, 11) is 0. The number of morpholine rings is 1. The van der Waals surface area contributed by atoms with Gasteiger partial charge in [-0.25, -0.2) is 0 Å². The van der Waals surface area contributed by atoms with Crippen LogP contribution >= 0.6 is 23.2 Å². The Morgan fingerprint density at radius 1 is 1.16 bits per heavy atom. The molecule has 1 aliphatic rings. The highest BCUT2D eigenvalue weighted by Gasteiger charge is 2.09. The summed E-state index contributed by atoms with van der Waals surface area (Å²) in [6.45, 7) is 6.64. The molecule has 0 aromatic heterocycles. The fraction of sp³-hybridized carbons (Fsp3) is 0.571. The van der Waals surface area contributed by atoms with Crippen LogP contribution in [0.1, 0.15) is 12.0 Å². The maximum atomic E-state index is 6.12. The Morgan fingerprint density at radius 2 is 1.84 bits per heavy atom. The number of ether oxygens (including phenoxy) is 1. The van der Waals surface area contributed by atoms with Gasteiger partial charge in [-0.1, -0.05) is 29.3 Å². The number of nitrogens with zero attached hydrogens (tertiary/aromatic N) is 1. The zero-order valence-corrected chi connectivity index (χ0v) is 12.5. The molecular weight excluding hydrogens is 283 g/mol. The second-order valence-electron chi connectivity index (χ2n) is 4.68. The van der Waals surface area contributed by atoms with E-state index in [0.717, 1.165) is 68.0 Å². The lowest BCUT2D eigenvalue weighted by Crippen LogP contribution is -2.37. The van der Waals surface area contributed by atoms with E-state index in [1.165, 1.54) is 0 Å². The van der Waals surface area contributed by atoms with Gasteiger partial charge in [0.25, 0.3) is 0 Å². The van der Waals surface area contributed by atoms with Crippen LogP contribution in [0, 0.1) is 0 Å². The molecule has 1 heterocycles. The van der Waals surface area contributed by atoms with Gasteiger partial charge in [0, 0.05) is 35.2 Å². The maximum absolute atomic E-state index is 6.12. The average molecular weight is 303 g/mol. The first-order valence-electron chi connectivity index (χ1n) is 6.71. The Bertz CT molecular complexity index is 375. The van der Waals surface area contributed by atoms with E-state index in [-0.39, 0.29) is 0 Å². The van der Waals surface area contributed by atoms with E-state index in [1.807, 2.05) is 18.2 Å². The zero-order chi connectivity index (χ0) is 13.5. The van der Waals surface area contributed by atoms with Gasteiger partial charge in [0.05, 0.1) is 13.2 Å². The van der Waals surface area contributed by atoms with Gasteiger partial charge in [-0.15, -0.1) is 0 Å². The zero-order valence-electron chi connectivity index (χ0n) is 11.0. The van der Waals surface area contributed by atoms with Crippen molar-refractivity contribution in [3.05, 3.63) is 33.8 Å². The molecule has 1 aromatic carbocycles. The van der Waals surface area contributed by atoms with Crippen molar-refractivity contribution in [1.82, 2.24) is 10.2 Å².